The van der Waals surface area contributed by atoms with E-state index >= 15 is 0 Å². The molecule has 0 radical (unpaired) electrons. The van der Waals surface area contributed by atoms with Crippen LogP contribution in [0.1, 0.15) is 28.6 Å². The number of carbonyl (C=O) groups excluding carboxylic acids is 1. The number of thiophene rings is 1. The number of rotatable bonds is 5. The highest BCUT2D eigenvalue weighted by Gasteiger charge is 2.22. The van der Waals surface area contributed by atoms with Crippen LogP contribution < -0.4 is 5.14 Å². The fraction of sp³-hybridized carbons (Fsp3) is 0.150. The van der Waals surface area contributed by atoms with E-state index < -0.39 is 10.0 Å². The van der Waals surface area contributed by atoms with Crippen LogP contribution in [0.25, 0.3) is 21.6 Å². The molecule has 3 aromatic rings. The standard InChI is InChI=1S/C20H18ClNO3S2/c1-3-17(23)20-18(13-7-9-16(10-8-13)27(22,24)25)12(2)19(26-20)14-5-4-6-15(21)11-14/h4-11H,3H2,1-2H3,(H2,22,24,25). The molecule has 0 atom stereocenters. The van der Waals surface area contributed by atoms with Crippen LogP contribution >= 0.6 is 22.9 Å². The van der Waals surface area contributed by atoms with Crippen molar-refractivity contribution in [3.05, 3.63) is 64.0 Å². The van der Waals surface area contributed by atoms with Gasteiger partial charge in [0.1, 0.15) is 0 Å². The molecule has 2 aromatic carbocycles. The van der Waals surface area contributed by atoms with Crippen molar-refractivity contribution in [2.75, 3.05) is 0 Å². The fourth-order valence-electron chi connectivity index (χ4n) is 2.93. The molecule has 0 saturated heterocycles. The summed E-state index contributed by atoms with van der Waals surface area (Å²) in [5.74, 6) is 0.0434. The van der Waals surface area contributed by atoms with E-state index in [1.807, 2.05) is 32.0 Å². The van der Waals surface area contributed by atoms with Crippen LogP contribution in [-0.4, -0.2) is 14.2 Å². The Bertz CT molecular complexity index is 1120. The smallest absolute Gasteiger partial charge is 0.238 e. The summed E-state index contributed by atoms with van der Waals surface area (Å²) < 4.78 is 23.0. The fourth-order valence-corrected chi connectivity index (χ4v) is 4.98. The molecule has 0 amide bonds. The summed E-state index contributed by atoms with van der Waals surface area (Å²) in [7, 11) is -3.76. The summed E-state index contributed by atoms with van der Waals surface area (Å²) in [6.07, 6.45) is 0.386. The number of nitrogens with two attached hydrogens (primary N) is 1. The van der Waals surface area contributed by atoms with Crippen LogP contribution in [0.5, 0.6) is 0 Å². The van der Waals surface area contributed by atoms with E-state index in [1.165, 1.54) is 23.5 Å². The summed E-state index contributed by atoms with van der Waals surface area (Å²) in [5.41, 5.74) is 3.51. The van der Waals surface area contributed by atoms with Crippen LogP contribution in [0.4, 0.5) is 0 Å². The zero-order chi connectivity index (χ0) is 19.8. The molecule has 27 heavy (non-hydrogen) atoms. The third-order valence-electron chi connectivity index (χ3n) is 4.28. The molecule has 0 aliphatic heterocycles. The lowest BCUT2D eigenvalue weighted by molar-refractivity contribution is 0.0992. The van der Waals surface area contributed by atoms with E-state index in [-0.39, 0.29) is 10.7 Å². The molecular weight excluding hydrogens is 402 g/mol. The molecule has 3 rings (SSSR count). The van der Waals surface area contributed by atoms with Gasteiger partial charge in [0.2, 0.25) is 10.0 Å². The maximum Gasteiger partial charge on any atom is 0.238 e. The molecular formula is C20H18ClNO3S2. The third-order valence-corrected chi connectivity index (χ3v) is 6.83. The van der Waals surface area contributed by atoms with Gasteiger partial charge in [0.05, 0.1) is 9.77 Å². The van der Waals surface area contributed by atoms with Gasteiger partial charge >= 0.3 is 0 Å². The van der Waals surface area contributed by atoms with Crippen molar-refractivity contribution in [2.45, 2.75) is 25.2 Å². The second-order valence-electron chi connectivity index (χ2n) is 6.12. The molecule has 140 valence electrons. The summed E-state index contributed by atoms with van der Waals surface area (Å²) in [5, 5.41) is 5.80. The molecule has 0 bridgehead atoms. The molecule has 1 heterocycles. The number of primary sulfonamides is 1. The van der Waals surface area contributed by atoms with Gasteiger partial charge in [0, 0.05) is 21.9 Å². The molecule has 0 aliphatic rings. The molecule has 0 fully saturated rings. The highest BCUT2D eigenvalue weighted by molar-refractivity contribution is 7.89. The lowest BCUT2D eigenvalue weighted by Gasteiger charge is -2.07. The number of sulfonamides is 1. The van der Waals surface area contributed by atoms with Gasteiger partial charge in [0.25, 0.3) is 0 Å². The van der Waals surface area contributed by atoms with E-state index in [4.69, 9.17) is 16.7 Å². The first kappa shape index (κ1) is 19.8. The van der Waals surface area contributed by atoms with Crippen LogP contribution in [0.2, 0.25) is 5.02 Å². The van der Waals surface area contributed by atoms with Crippen LogP contribution in [-0.2, 0) is 10.0 Å². The topological polar surface area (TPSA) is 77.2 Å². The Kier molecular flexibility index (Phi) is 5.53. The van der Waals surface area contributed by atoms with Gasteiger partial charge in [-0.3, -0.25) is 4.79 Å². The molecule has 0 saturated carbocycles. The molecule has 0 spiro atoms. The first-order valence-corrected chi connectivity index (χ1v) is 11.0. The van der Waals surface area contributed by atoms with Gasteiger partial charge in [-0.05, 0) is 47.9 Å². The zero-order valence-corrected chi connectivity index (χ0v) is 17.2. The van der Waals surface area contributed by atoms with E-state index in [0.29, 0.717) is 16.3 Å². The molecule has 7 heteroatoms. The quantitative estimate of drug-likeness (QED) is 0.571. The first-order chi connectivity index (χ1) is 12.7. The highest BCUT2D eigenvalue weighted by atomic mass is 35.5. The van der Waals surface area contributed by atoms with Gasteiger partial charge < -0.3 is 0 Å². The maximum atomic E-state index is 12.6. The van der Waals surface area contributed by atoms with E-state index in [1.54, 1.807) is 18.2 Å². The number of benzene rings is 2. The Morgan fingerprint density at radius 2 is 1.78 bits per heavy atom. The number of halogens is 1. The number of hydrogen-bond acceptors (Lipinski definition) is 4. The SMILES string of the molecule is CCC(=O)c1sc(-c2cccc(Cl)c2)c(C)c1-c1ccc(S(N)(=O)=O)cc1. The van der Waals surface area contributed by atoms with Gasteiger partial charge in [0.15, 0.2) is 5.78 Å². The predicted octanol–water partition coefficient (Wildman–Crippen LogP) is 5.28. The minimum Gasteiger partial charge on any atom is -0.293 e. The normalized spacial score (nSPS) is 11.6. The van der Waals surface area contributed by atoms with E-state index in [9.17, 15) is 13.2 Å². The van der Waals surface area contributed by atoms with E-state index in [2.05, 4.69) is 0 Å². The summed E-state index contributed by atoms with van der Waals surface area (Å²) >= 11 is 7.56. The first-order valence-electron chi connectivity index (χ1n) is 8.28. The summed E-state index contributed by atoms with van der Waals surface area (Å²) in [6.45, 7) is 3.78. The third kappa shape index (κ3) is 3.99. The second-order valence-corrected chi connectivity index (χ2v) is 9.14. The molecule has 2 N–H and O–H groups in total. The number of Topliss-reactive ketones (excluding diaryl/α,β-unsaturated/α-hetero) is 1. The van der Waals surface area contributed by atoms with Crippen molar-refractivity contribution in [3.8, 4) is 21.6 Å². The van der Waals surface area contributed by atoms with Crippen LogP contribution in [0, 0.1) is 6.92 Å². The second kappa shape index (κ2) is 7.56. The lowest BCUT2D eigenvalue weighted by Crippen LogP contribution is -2.11. The number of hydrogen-bond donors (Lipinski definition) is 1. The Morgan fingerprint density at radius 3 is 2.33 bits per heavy atom. The Labute approximate surface area is 167 Å². The zero-order valence-electron chi connectivity index (χ0n) is 14.8. The Hall–Kier alpha value is -1.99. The molecule has 0 unspecified atom stereocenters. The van der Waals surface area contributed by atoms with Crippen molar-refractivity contribution in [1.29, 1.82) is 0 Å². The number of ketones is 1. The van der Waals surface area contributed by atoms with Crippen molar-refractivity contribution in [2.24, 2.45) is 5.14 Å². The van der Waals surface area contributed by atoms with Gasteiger partial charge in [-0.25, -0.2) is 13.6 Å². The summed E-state index contributed by atoms with van der Waals surface area (Å²) in [6, 6.07) is 13.8. The minimum atomic E-state index is -3.76. The molecule has 0 aliphatic carbocycles. The van der Waals surface area contributed by atoms with Crippen molar-refractivity contribution in [1.82, 2.24) is 0 Å². The average molecular weight is 420 g/mol. The largest absolute Gasteiger partial charge is 0.293 e. The van der Waals surface area contributed by atoms with Gasteiger partial charge in [-0.2, -0.15) is 0 Å². The maximum absolute atomic E-state index is 12.6. The Balaban J connectivity index is 2.21. The predicted molar refractivity (Wildman–Crippen MR) is 111 cm³/mol. The molecule has 1 aromatic heterocycles. The Morgan fingerprint density at radius 1 is 1.11 bits per heavy atom. The monoisotopic (exact) mass is 419 g/mol. The lowest BCUT2D eigenvalue weighted by atomic mass is 9.97. The molecule has 4 nitrogen and oxygen atoms in total. The van der Waals surface area contributed by atoms with Gasteiger partial charge in [-0.15, -0.1) is 11.3 Å². The minimum absolute atomic E-state index is 0.0394. The van der Waals surface area contributed by atoms with Crippen molar-refractivity contribution in [3.63, 3.8) is 0 Å². The van der Waals surface area contributed by atoms with E-state index in [0.717, 1.165) is 27.1 Å². The highest BCUT2D eigenvalue weighted by Crippen LogP contribution is 2.43. The van der Waals surface area contributed by atoms with Crippen LogP contribution in [0.15, 0.2) is 53.4 Å². The van der Waals surface area contributed by atoms with Crippen molar-refractivity contribution >= 4 is 38.7 Å². The van der Waals surface area contributed by atoms with Crippen LogP contribution in [0.3, 0.4) is 0 Å². The van der Waals surface area contributed by atoms with Gasteiger partial charge in [-0.1, -0.05) is 42.8 Å². The summed E-state index contributed by atoms with van der Waals surface area (Å²) in [4.78, 5) is 14.2. The average Bonchev–Trinajstić information content (AvgIpc) is 2.97. The number of carbonyl (C=O) groups is 1. The van der Waals surface area contributed by atoms with Crippen molar-refractivity contribution < 1.29 is 13.2 Å².